The number of hydrogen-bond donors (Lipinski definition) is 2. The summed E-state index contributed by atoms with van der Waals surface area (Å²) in [6, 6.07) is 13.9. The largest absolute Gasteiger partial charge is 0.508 e. The van der Waals surface area contributed by atoms with Crippen molar-refractivity contribution >= 4 is 11.6 Å². The number of nitrogens with two attached hydrogens (primary N) is 1. The van der Waals surface area contributed by atoms with Crippen LogP contribution in [0.4, 0.5) is 0 Å². The van der Waals surface area contributed by atoms with Gasteiger partial charge in [-0.15, -0.1) is 0 Å². The maximum Gasteiger partial charge on any atom is 0.230 e. The lowest BCUT2D eigenvalue weighted by Crippen LogP contribution is -2.37. The Labute approximate surface area is 116 Å². The molecule has 0 saturated carbocycles. The summed E-state index contributed by atoms with van der Waals surface area (Å²) >= 11 is 0. The first-order chi connectivity index (χ1) is 9.58. The summed E-state index contributed by atoms with van der Waals surface area (Å²) in [4.78, 5) is 24.0. The van der Waals surface area contributed by atoms with Crippen molar-refractivity contribution in [2.45, 2.75) is 12.5 Å². The molecular formula is C16H15NO3. The second-order valence-corrected chi connectivity index (χ2v) is 4.54. The van der Waals surface area contributed by atoms with E-state index >= 15 is 0 Å². The van der Waals surface area contributed by atoms with E-state index in [0.29, 0.717) is 5.56 Å². The van der Waals surface area contributed by atoms with Gasteiger partial charge in [-0.25, -0.2) is 0 Å². The summed E-state index contributed by atoms with van der Waals surface area (Å²) in [6.45, 7) is 0. The van der Waals surface area contributed by atoms with Gasteiger partial charge < -0.3 is 10.8 Å². The van der Waals surface area contributed by atoms with Crippen molar-refractivity contribution in [2.75, 3.05) is 0 Å². The molecule has 0 amide bonds. The van der Waals surface area contributed by atoms with Crippen LogP contribution in [-0.4, -0.2) is 22.7 Å². The number of phenols is 1. The van der Waals surface area contributed by atoms with E-state index in [1.165, 1.54) is 12.1 Å². The van der Waals surface area contributed by atoms with Crippen molar-refractivity contribution in [1.29, 1.82) is 0 Å². The lowest BCUT2D eigenvalue weighted by Gasteiger charge is -2.10. The first kappa shape index (κ1) is 14.0. The summed E-state index contributed by atoms with van der Waals surface area (Å²) in [5.74, 6) is -1.03. The van der Waals surface area contributed by atoms with Crippen molar-refractivity contribution in [2.24, 2.45) is 5.73 Å². The van der Waals surface area contributed by atoms with E-state index in [1.807, 2.05) is 0 Å². The fourth-order valence-corrected chi connectivity index (χ4v) is 1.88. The Morgan fingerprint density at radius 1 is 1.00 bits per heavy atom. The minimum Gasteiger partial charge on any atom is -0.508 e. The number of aromatic hydroxyl groups is 1. The zero-order chi connectivity index (χ0) is 14.5. The smallest absolute Gasteiger partial charge is 0.230 e. The Morgan fingerprint density at radius 3 is 2.20 bits per heavy atom. The van der Waals surface area contributed by atoms with Crippen LogP contribution in [0, 0.1) is 0 Å². The van der Waals surface area contributed by atoms with Gasteiger partial charge in [0.2, 0.25) is 11.6 Å². The summed E-state index contributed by atoms with van der Waals surface area (Å²) in [5, 5.41) is 9.18. The summed E-state index contributed by atoms with van der Waals surface area (Å²) in [6.07, 6.45) is 0.262. The molecule has 0 aliphatic carbocycles. The highest BCUT2D eigenvalue weighted by Crippen LogP contribution is 2.12. The average molecular weight is 269 g/mol. The molecule has 3 N–H and O–H groups in total. The third kappa shape index (κ3) is 3.30. The van der Waals surface area contributed by atoms with Crippen LogP contribution in [-0.2, 0) is 11.2 Å². The van der Waals surface area contributed by atoms with Crippen molar-refractivity contribution in [3.63, 3.8) is 0 Å². The molecule has 2 aromatic rings. The standard InChI is InChI=1S/C16H15NO3/c17-14(10-11-6-8-13(18)9-7-11)16(20)15(19)12-4-2-1-3-5-12/h1-9,14,18H,10,17H2/t14-/m1/s1. The monoisotopic (exact) mass is 269 g/mol. The molecule has 0 saturated heterocycles. The molecule has 0 aliphatic rings. The van der Waals surface area contributed by atoms with E-state index in [2.05, 4.69) is 0 Å². The topological polar surface area (TPSA) is 80.4 Å². The molecule has 2 rings (SSSR count). The Bertz CT molecular complexity index is 605. The van der Waals surface area contributed by atoms with Crippen molar-refractivity contribution in [1.82, 2.24) is 0 Å². The zero-order valence-electron chi connectivity index (χ0n) is 10.8. The number of benzene rings is 2. The third-order valence-electron chi connectivity index (χ3n) is 2.99. The summed E-state index contributed by atoms with van der Waals surface area (Å²) in [7, 11) is 0. The molecule has 1 atom stereocenters. The van der Waals surface area contributed by atoms with Crippen LogP contribution in [0.2, 0.25) is 0 Å². The highest BCUT2D eigenvalue weighted by Gasteiger charge is 2.23. The van der Waals surface area contributed by atoms with E-state index in [9.17, 15) is 14.7 Å². The normalized spacial score (nSPS) is 11.8. The lowest BCUT2D eigenvalue weighted by molar-refractivity contribution is -0.116. The molecule has 20 heavy (non-hydrogen) atoms. The molecule has 0 unspecified atom stereocenters. The van der Waals surface area contributed by atoms with Crippen LogP contribution in [0.3, 0.4) is 0 Å². The first-order valence-corrected chi connectivity index (χ1v) is 6.25. The zero-order valence-corrected chi connectivity index (χ0v) is 10.8. The molecule has 2 aromatic carbocycles. The van der Waals surface area contributed by atoms with Gasteiger partial charge in [-0.3, -0.25) is 9.59 Å². The quantitative estimate of drug-likeness (QED) is 0.639. The van der Waals surface area contributed by atoms with Gasteiger partial charge in [-0.2, -0.15) is 0 Å². The predicted molar refractivity (Wildman–Crippen MR) is 75.6 cm³/mol. The number of carbonyl (C=O) groups is 2. The third-order valence-corrected chi connectivity index (χ3v) is 2.99. The van der Waals surface area contributed by atoms with Crippen LogP contribution in [0.25, 0.3) is 0 Å². The maximum absolute atomic E-state index is 12.0. The number of Topliss-reactive ketones (excluding diaryl/α,β-unsaturated/α-hetero) is 2. The van der Waals surface area contributed by atoms with Gasteiger partial charge in [0, 0.05) is 5.56 Å². The van der Waals surface area contributed by atoms with E-state index in [0.717, 1.165) is 5.56 Å². The fraction of sp³-hybridized carbons (Fsp3) is 0.125. The Balaban J connectivity index is 2.05. The van der Waals surface area contributed by atoms with E-state index in [-0.39, 0.29) is 12.2 Å². The van der Waals surface area contributed by atoms with E-state index < -0.39 is 17.6 Å². The summed E-state index contributed by atoms with van der Waals surface area (Å²) < 4.78 is 0. The maximum atomic E-state index is 12.0. The molecule has 0 radical (unpaired) electrons. The molecule has 0 spiro atoms. The minimum atomic E-state index is -0.882. The van der Waals surface area contributed by atoms with Crippen molar-refractivity contribution in [3.05, 3.63) is 65.7 Å². The summed E-state index contributed by atoms with van der Waals surface area (Å²) in [5.41, 5.74) is 6.93. The van der Waals surface area contributed by atoms with Crippen molar-refractivity contribution < 1.29 is 14.7 Å². The van der Waals surface area contributed by atoms with Gasteiger partial charge in [-0.1, -0.05) is 42.5 Å². The van der Waals surface area contributed by atoms with Gasteiger partial charge in [0.05, 0.1) is 6.04 Å². The predicted octanol–water partition coefficient (Wildman–Crippen LogP) is 1.71. The first-order valence-electron chi connectivity index (χ1n) is 6.25. The van der Waals surface area contributed by atoms with Gasteiger partial charge in [0.1, 0.15) is 5.75 Å². The highest BCUT2D eigenvalue weighted by molar-refractivity contribution is 6.45. The SMILES string of the molecule is N[C@H](Cc1ccc(O)cc1)C(=O)C(=O)c1ccccc1. The Kier molecular flexibility index (Phi) is 4.27. The number of hydrogen-bond acceptors (Lipinski definition) is 4. The number of phenolic OH excluding ortho intramolecular Hbond substituents is 1. The minimum absolute atomic E-state index is 0.147. The fourth-order valence-electron chi connectivity index (χ4n) is 1.88. The molecule has 0 aliphatic heterocycles. The van der Waals surface area contributed by atoms with Crippen LogP contribution in [0.1, 0.15) is 15.9 Å². The number of carbonyl (C=O) groups excluding carboxylic acids is 2. The molecule has 102 valence electrons. The van der Waals surface area contributed by atoms with Gasteiger partial charge in [0.25, 0.3) is 0 Å². The highest BCUT2D eigenvalue weighted by atomic mass is 16.3. The second kappa shape index (κ2) is 6.12. The van der Waals surface area contributed by atoms with Crippen LogP contribution >= 0.6 is 0 Å². The Hall–Kier alpha value is -2.46. The van der Waals surface area contributed by atoms with E-state index in [1.54, 1.807) is 42.5 Å². The number of ketones is 2. The van der Waals surface area contributed by atoms with Gasteiger partial charge in [0.15, 0.2) is 0 Å². The molecule has 0 bridgehead atoms. The van der Waals surface area contributed by atoms with Gasteiger partial charge in [-0.05, 0) is 24.1 Å². The van der Waals surface area contributed by atoms with Crippen molar-refractivity contribution in [3.8, 4) is 5.75 Å². The van der Waals surface area contributed by atoms with E-state index in [4.69, 9.17) is 5.73 Å². The van der Waals surface area contributed by atoms with Crippen LogP contribution in [0.15, 0.2) is 54.6 Å². The number of rotatable bonds is 5. The molecule has 0 fully saturated rings. The lowest BCUT2D eigenvalue weighted by atomic mass is 9.97. The molecule has 0 aromatic heterocycles. The van der Waals surface area contributed by atoms with Crippen LogP contribution in [0.5, 0.6) is 5.75 Å². The van der Waals surface area contributed by atoms with Crippen LogP contribution < -0.4 is 5.73 Å². The van der Waals surface area contributed by atoms with Gasteiger partial charge >= 0.3 is 0 Å². The molecule has 4 heteroatoms. The average Bonchev–Trinajstić information content (AvgIpc) is 2.49. The second-order valence-electron chi connectivity index (χ2n) is 4.54. The Morgan fingerprint density at radius 2 is 1.60 bits per heavy atom. The molecule has 4 nitrogen and oxygen atoms in total. The molecular weight excluding hydrogens is 254 g/mol. The molecule has 0 heterocycles.